The molecular weight excluding hydrogens is 346 g/mol. The lowest BCUT2D eigenvalue weighted by Crippen LogP contribution is -2.28. The second-order valence-corrected chi connectivity index (χ2v) is 5.94. The van der Waals surface area contributed by atoms with Gasteiger partial charge in [0.25, 0.3) is 11.1 Å². The van der Waals surface area contributed by atoms with E-state index >= 15 is 0 Å². The van der Waals surface area contributed by atoms with Crippen molar-refractivity contribution in [2.24, 2.45) is 0 Å². The Bertz CT molecular complexity index is 795. The minimum atomic E-state index is -1.15. The maximum Gasteiger partial charge on any atom is 0.344 e. The summed E-state index contributed by atoms with van der Waals surface area (Å²) in [6.45, 7) is 1.26. The van der Waals surface area contributed by atoms with E-state index in [1.165, 1.54) is 20.1 Å². The molecule has 1 aliphatic rings. The zero-order valence-corrected chi connectivity index (χ0v) is 14.3. The molecule has 1 atom stereocenters. The molecule has 2 amide bonds. The van der Waals surface area contributed by atoms with Crippen LogP contribution in [0, 0.1) is 12.3 Å². The van der Waals surface area contributed by atoms with Crippen LogP contribution in [0.5, 0.6) is 11.5 Å². The monoisotopic (exact) mass is 361 g/mol. The molecule has 0 aliphatic carbocycles. The van der Waals surface area contributed by atoms with Gasteiger partial charge in [0, 0.05) is 5.56 Å². The van der Waals surface area contributed by atoms with Gasteiger partial charge in [-0.15, -0.1) is 6.42 Å². The Balaban J connectivity index is 2.43. The number of carbonyl (C=O) groups excluding carboxylic acids is 2. The summed E-state index contributed by atoms with van der Waals surface area (Å²) in [5, 5.41) is 8.58. The zero-order valence-electron chi connectivity index (χ0n) is 13.5. The number of thioether (sulfide) groups is 1. The molecule has 1 N–H and O–H groups in total. The summed E-state index contributed by atoms with van der Waals surface area (Å²) in [6.07, 6.45) is 5.49. The van der Waals surface area contributed by atoms with Crippen LogP contribution in [0.4, 0.5) is 4.79 Å². The number of carbonyl (C=O) groups is 3. The van der Waals surface area contributed by atoms with E-state index in [0.29, 0.717) is 11.3 Å². The van der Waals surface area contributed by atoms with Gasteiger partial charge < -0.3 is 14.6 Å². The van der Waals surface area contributed by atoms with E-state index in [4.69, 9.17) is 21.0 Å². The topological polar surface area (TPSA) is 93.1 Å². The number of nitrogens with zero attached hydrogens (tertiary/aromatic N) is 1. The van der Waals surface area contributed by atoms with Crippen LogP contribution in [-0.4, -0.2) is 46.9 Å². The largest absolute Gasteiger partial charge is 0.493 e. The molecule has 130 valence electrons. The maximum absolute atomic E-state index is 12.3. The SMILES string of the molecule is C#CCN1C(=O)S/C(=C\c2cccc(OC)c2O[C@H](C)C(=O)O)C1=O. The van der Waals surface area contributed by atoms with Gasteiger partial charge in [0.05, 0.1) is 18.6 Å². The standard InChI is InChI=1S/C17H15NO6S/c1-4-8-18-15(19)13(25-17(18)22)9-11-6-5-7-12(23-3)14(11)24-10(2)16(20)21/h1,5-7,9-10H,8H2,2-3H3,(H,20,21)/b13-9-/t10-/m1/s1. The van der Waals surface area contributed by atoms with Crippen LogP contribution in [0.1, 0.15) is 12.5 Å². The summed E-state index contributed by atoms with van der Waals surface area (Å²) in [7, 11) is 1.41. The molecule has 7 nitrogen and oxygen atoms in total. The Morgan fingerprint density at radius 2 is 2.20 bits per heavy atom. The molecule has 8 heteroatoms. The van der Waals surface area contributed by atoms with Crippen molar-refractivity contribution in [3.8, 4) is 23.8 Å². The Hall–Kier alpha value is -2.92. The van der Waals surface area contributed by atoms with Gasteiger partial charge in [-0.3, -0.25) is 14.5 Å². The highest BCUT2D eigenvalue weighted by Gasteiger charge is 2.34. The lowest BCUT2D eigenvalue weighted by molar-refractivity contribution is -0.144. The third-order valence-electron chi connectivity index (χ3n) is 3.28. The van der Waals surface area contributed by atoms with Crippen molar-refractivity contribution < 1.29 is 29.0 Å². The molecule has 0 radical (unpaired) electrons. The summed E-state index contributed by atoms with van der Waals surface area (Å²) in [6, 6.07) is 4.89. The third kappa shape index (κ3) is 3.95. The van der Waals surface area contributed by atoms with Crippen LogP contribution >= 0.6 is 11.8 Å². The smallest absolute Gasteiger partial charge is 0.344 e. The van der Waals surface area contributed by atoms with E-state index in [9.17, 15) is 14.4 Å². The second-order valence-electron chi connectivity index (χ2n) is 4.95. The fourth-order valence-corrected chi connectivity index (χ4v) is 2.86. The number of carboxylic acids is 1. The number of amides is 2. The van der Waals surface area contributed by atoms with Crippen LogP contribution in [0.25, 0.3) is 6.08 Å². The van der Waals surface area contributed by atoms with E-state index in [-0.39, 0.29) is 17.2 Å². The Morgan fingerprint density at radius 1 is 1.48 bits per heavy atom. The van der Waals surface area contributed by atoms with E-state index in [1.54, 1.807) is 18.2 Å². The molecule has 1 fully saturated rings. The first-order valence-electron chi connectivity index (χ1n) is 7.14. The maximum atomic E-state index is 12.3. The van der Waals surface area contributed by atoms with Gasteiger partial charge in [0.2, 0.25) is 0 Å². The van der Waals surface area contributed by atoms with Crippen LogP contribution < -0.4 is 9.47 Å². The first kappa shape index (κ1) is 18.4. The summed E-state index contributed by atoms with van der Waals surface area (Å²) >= 11 is 0.754. The molecule has 2 rings (SSSR count). The summed E-state index contributed by atoms with van der Waals surface area (Å²) in [5.74, 6) is 1.08. The highest BCUT2D eigenvalue weighted by atomic mass is 32.2. The van der Waals surface area contributed by atoms with Crippen molar-refractivity contribution in [3.63, 3.8) is 0 Å². The fraction of sp³-hybridized carbons (Fsp3) is 0.235. The minimum absolute atomic E-state index is 0.112. The van der Waals surface area contributed by atoms with Crippen LogP contribution in [-0.2, 0) is 9.59 Å². The molecule has 1 saturated heterocycles. The number of methoxy groups -OCH3 is 1. The number of hydrogen-bond donors (Lipinski definition) is 1. The molecule has 1 aromatic rings. The number of aliphatic carboxylic acids is 1. The lowest BCUT2D eigenvalue weighted by atomic mass is 10.1. The number of carboxylic acid groups (broad SMARTS) is 1. The molecule has 25 heavy (non-hydrogen) atoms. The quantitative estimate of drug-likeness (QED) is 0.613. The first-order chi connectivity index (χ1) is 11.9. The number of hydrogen-bond acceptors (Lipinski definition) is 6. The van der Waals surface area contributed by atoms with Crippen LogP contribution in [0.3, 0.4) is 0 Å². The molecule has 0 spiro atoms. The number of imide groups is 1. The van der Waals surface area contributed by atoms with Gasteiger partial charge in [-0.25, -0.2) is 4.79 Å². The highest BCUT2D eigenvalue weighted by molar-refractivity contribution is 8.18. The van der Waals surface area contributed by atoms with Crippen molar-refractivity contribution in [1.82, 2.24) is 4.90 Å². The number of rotatable bonds is 6. The third-order valence-corrected chi connectivity index (χ3v) is 4.19. The average molecular weight is 361 g/mol. The van der Waals surface area contributed by atoms with Gasteiger partial charge in [0.15, 0.2) is 17.6 Å². The molecule has 1 aliphatic heterocycles. The summed E-state index contributed by atoms with van der Waals surface area (Å²) in [5.41, 5.74) is 0.415. The van der Waals surface area contributed by atoms with E-state index in [0.717, 1.165) is 16.7 Å². The van der Waals surface area contributed by atoms with Crippen molar-refractivity contribution in [1.29, 1.82) is 0 Å². The highest BCUT2D eigenvalue weighted by Crippen LogP contribution is 2.37. The van der Waals surface area contributed by atoms with E-state index in [1.807, 2.05) is 0 Å². The summed E-state index contributed by atoms with van der Waals surface area (Å²) in [4.78, 5) is 36.3. The van der Waals surface area contributed by atoms with Gasteiger partial charge >= 0.3 is 5.97 Å². The zero-order chi connectivity index (χ0) is 18.6. The second kappa shape index (κ2) is 7.77. The van der Waals surface area contributed by atoms with Crippen LogP contribution in [0.15, 0.2) is 23.1 Å². The number of terminal acetylenes is 1. The molecule has 0 saturated carbocycles. The Kier molecular flexibility index (Phi) is 5.72. The number of para-hydroxylation sites is 1. The van der Waals surface area contributed by atoms with Gasteiger partial charge in [0.1, 0.15) is 0 Å². The first-order valence-corrected chi connectivity index (χ1v) is 7.96. The molecule has 1 aromatic carbocycles. The normalized spacial score (nSPS) is 16.7. The van der Waals surface area contributed by atoms with Gasteiger partial charge in [-0.2, -0.15) is 0 Å². The van der Waals surface area contributed by atoms with Gasteiger partial charge in [-0.1, -0.05) is 18.1 Å². The average Bonchev–Trinajstić information content (AvgIpc) is 2.84. The molecule has 0 unspecified atom stereocenters. The predicted molar refractivity (Wildman–Crippen MR) is 92.2 cm³/mol. The molecule has 1 heterocycles. The molecule has 0 aromatic heterocycles. The number of ether oxygens (including phenoxy) is 2. The molecular formula is C17H15NO6S. The predicted octanol–water partition coefficient (Wildman–Crippen LogP) is 2.22. The Labute approximate surface area is 148 Å². The lowest BCUT2D eigenvalue weighted by Gasteiger charge is -2.16. The van der Waals surface area contributed by atoms with Crippen molar-refractivity contribution in [2.75, 3.05) is 13.7 Å². The fourth-order valence-electron chi connectivity index (χ4n) is 2.03. The van der Waals surface area contributed by atoms with E-state index in [2.05, 4.69) is 5.92 Å². The van der Waals surface area contributed by atoms with Gasteiger partial charge in [-0.05, 0) is 30.8 Å². The Morgan fingerprint density at radius 3 is 2.80 bits per heavy atom. The minimum Gasteiger partial charge on any atom is -0.493 e. The number of benzene rings is 1. The van der Waals surface area contributed by atoms with Crippen LogP contribution in [0.2, 0.25) is 0 Å². The van der Waals surface area contributed by atoms with Crippen molar-refractivity contribution in [2.45, 2.75) is 13.0 Å². The molecule has 0 bridgehead atoms. The van der Waals surface area contributed by atoms with Crippen molar-refractivity contribution in [3.05, 3.63) is 28.7 Å². The van der Waals surface area contributed by atoms with E-state index < -0.39 is 23.2 Å². The summed E-state index contributed by atoms with van der Waals surface area (Å²) < 4.78 is 10.7. The van der Waals surface area contributed by atoms with Crippen molar-refractivity contribution >= 4 is 35.0 Å².